The first-order chi connectivity index (χ1) is 7.78. The van der Waals surface area contributed by atoms with Gasteiger partial charge >= 0.3 is 13.6 Å². The first-order valence-electron chi connectivity index (χ1n) is 5.11. The number of carbonyl (C=O) groups is 1. The van der Waals surface area contributed by atoms with Crippen molar-refractivity contribution >= 4 is 13.6 Å². The molecule has 0 saturated heterocycles. The molecule has 7 heteroatoms. The van der Waals surface area contributed by atoms with E-state index < -0.39 is 7.60 Å². The molecule has 0 aromatic heterocycles. The lowest BCUT2D eigenvalue weighted by atomic mass is 10.2. The molecular formula is C10H21O6P. The fraction of sp³-hybridized carbons (Fsp3) is 0.700. The van der Waals surface area contributed by atoms with Crippen LogP contribution in [0.5, 0.6) is 0 Å². The van der Waals surface area contributed by atoms with Crippen molar-refractivity contribution in [1.29, 1.82) is 0 Å². The third-order valence-electron chi connectivity index (χ3n) is 1.39. The molecule has 0 bridgehead atoms. The molecule has 0 saturated carbocycles. The lowest BCUT2D eigenvalue weighted by Crippen LogP contribution is -2.17. The first kappa shape index (κ1) is 18.7. The van der Waals surface area contributed by atoms with Crippen LogP contribution < -0.4 is 0 Å². The zero-order valence-corrected chi connectivity index (χ0v) is 11.4. The van der Waals surface area contributed by atoms with Crippen LogP contribution in [-0.4, -0.2) is 42.5 Å². The summed E-state index contributed by atoms with van der Waals surface area (Å²) >= 11 is 0. The summed E-state index contributed by atoms with van der Waals surface area (Å²) in [5, 5.41) is 8.43. The Balaban J connectivity index is 0. The highest BCUT2D eigenvalue weighted by molar-refractivity contribution is 7.51. The van der Waals surface area contributed by atoms with Gasteiger partial charge in [0.15, 0.2) is 0 Å². The van der Waals surface area contributed by atoms with Gasteiger partial charge in [0.05, 0.1) is 25.7 Å². The van der Waals surface area contributed by atoms with Crippen molar-refractivity contribution in [1.82, 2.24) is 0 Å². The number of carbonyl (C=O) groups excluding carboxylic acids is 1. The zero-order valence-electron chi connectivity index (χ0n) is 10.5. The van der Waals surface area contributed by atoms with E-state index in [0.717, 1.165) is 6.66 Å². The molecular weight excluding hydrogens is 247 g/mol. The van der Waals surface area contributed by atoms with Gasteiger partial charge in [0, 0.05) is 6.66 Å². The Bertz CT molecular complexity index is 260. The van der Waals surface area contributed by atoms with Gasteiger partial charge in [0.2, 0.25) is 0 Å². The molecule has 102 valence electrons. The second kappa shape index (κ2) is 10.5. The van der Waals surface area contributed by atoms with Crippen LogP contribution in [0.3, 0.4) is 0 Å². The zero-order chi connectivity index (χ0) is 13.9. The average molecular weight is 268 g/mol. The van der Waals surface area contributed by atoms with E-state index in [2.05, 4.69) is 15.8 Å². The minimum atomic E-state index is -3.25. The number of hydrogen-bond donors (Lipinski definition) is 2. The van der Waals surface area contributed by atoms with Gasteiger partial charge in [0.1, 0.15) is 0 Å². The largest absolute Gasteiger partial charge is 0.466 e. The molecule has 0 aliphatic heterocycles. The lowest BCUT2D eigenvalue weighted by Gasteiger charge is -2.05. The molecule has 0 aliphatic carbocycles. The summed E-state index contributed by atoms with van der Waals surface area (Å²) in [5.41, 5.74) is 0. The van der Waals surface area contributed by atoms with Gasteiger partial charge in [0.25, 0.3) is 0 Å². The fourth-order valence-corrected chi connectivity index (χ4v) is 0.932. The molecule has 6 nitrogen and oxygen atoms in total. The van der Waals surface area contributed by atoms with E-state index in [-0.39, 0.29) is 25.1 Å². The predicted molar refractivity (Wildman–Crippen MR) is 64.8 cm³/mol. The second-order valence-corrected chi connectivity index (χ2v) is 5.09. The summed E-state index contributed by atoms with van der Waals surface area (Å²) in [6.45, 7) is 8.17. The SMILES string of the molecule is C=CCOP(C)(=O)O.CCOC(=O)C(C)CO. The number of rotatable bonds is 6. The topological polar surface area (TPSA) is 93.1 Å². The third-order valence-corrected chi connectivity index (χ3v) is 2.02. The van der Waals surface area contributed by atoms with E-state index in [1.807, 2.05) is 0 Å². The third kappa shape index (κ3) is 15.3. The molecule has 0 aliphatic rings. The minimum absolute atomic E-state index is 0.129. The van der Waals surface area contributed by atoms with E-state index in [4.69, 9.17) is 10.00 Å². The van der Waals surface area contributed by atoms with Crippen molar-refractivity contribution < 1.29 is 28.6 Å². The summed E-state index contributed by atoms with van der Waals surface area (Å²) < 4.78 is 19.2. The van der Waals surface area contributed by atoms with E-state index in [9.17, 15) is 9.36 Å². The van der Waals surface area contributed by atoms with Crippen molar-refractivity contribution in [3.63, 3.8) is 0 Å². The Labute approximate surface area is 102 Å². The Morgan fingerprint density at radius 1 is 1.59 bits per heavy atom. The molecule has 17 heavy (non-hydrogen) atoms. The highest BCUT2D eigenvalue weighted by Gasteiger charge is 2.10. The molecule has 0 radical (unpaired) electrons. The molecule has 2 unspecified atom stereocenters. The quantitative estimate of drug-likeness (QED) is 0.427. The van der Waals surface area contributed by atoms with Gasteiger partial charge in [-0.05, 0) is 13.8 Å². The van der Waals surface area contributed by atoms with E-state index in [1.165, 1.54) is 6.08 Å². The molecule has 0 aromatic carbocycles. The van der Waals surface area contributed by atoms with Crippen LogP contribution in [0, 0.1) is 5.92 Å². The van der Waals surface area contributed by atoms with Crippen LogP contribution in [0.15, 0.2) is 12.7 Å². The van der Waals surface area contributed by atoms with E-state index >= 15 is 0 Å². The summed E-state index contributed by atoms with van der Waals surface area (Å²) in [6.07, 6.45) is 1.42. The van der Waals surface area contributed by atoms with Crippen molar-refractivity contribution in [2.24, 2.45) is 5.92 Å². The van der Waals surface area contributed by atoms with E-state index in [0.29, 0.717) is 6.61 Å². The molecule has 2 atom stereocenters. The van der Waals surface area contributed by atoms with Gasteiger partial charge in [-0.25, -0.2) is 0 Å². The number of ether oxygens (including phenoxy) is 1. The van der Waals surface area contributed by atoms with Gasteiger partial charge in [-0.3, -0.25) is 9.36 Å². The lowest BCUT2D eigenvalue weighted by molar-refractivity contribution is -0.148. The Morgan fingerprint density at radius 2 is 2.12 bits per heavy atom. The fourth-order valence-electron chi connectivity index (χ4n) is 0.550. The van der Waals surface area contributed by atoms with Gasteiger partial charge < -0.3 is 19.3 Å². The van der Waals surface area contributed by atoms with Crippen molar-refractivity contribution in [3.05, 3.63) is 12.7 Å². The van der Waals surface area contributed by atoms with Crippen LogP contribution >= 0.6 is 7.60 Å². The molecule has 0 fully saturated rings. The van der Waals surface area contributed by atoms with Crippen LogP contribution in [-0.2, 0) is 18.6 Å². The van der Waals surface area contributed by atoms with Crippen molar-refractivity contribution in [2.45, 2.75) is 13.8 Å². The maximum Gasteiger partial charge on any atom is 0.325 e. The van der Waals surface area contributed by atoms with Gasteiger partial charge in [-0.15, -0.1) is 6.58 Å². The van der Waals surface area contributed by atoms with Crippen LogP contribution in [0.1, 0.15) is 13.8 Å². The normalized spacial score (nSPS) is 14.9. The van der Waals surface area contributed by atoms with E-state index in [1.54, 1.807) is 13.8 Å². The average Bonchev–Trinajstić information content (AvgIpc) is 2.25. The highest BCUT2D eigenvalue weighted by Crippen LogP contribution is 2.35. The highest BCUT2D eigenvalue weighted by atomic mass is 31.2. The maximum absolute atomic E-state index is 10.6. The molecule has 0 rings (SSSR count). The monoisotopic (exact) mass is 268 g/mol. The Hall–Kier alpha value is -0.680. The first-order valence-corrected chi connectivity index (χ1v) is 7.14. The standard InChI is InChI=1S/C6H12O3.C4H9O3P/c1-3-9-6(8)5(2)4-7;1-3-4-7-8(2,5)6/h5,7H,3-4H2,1-2H3;3H,1,4H2,2H3,(H,5,6). The van der Waals surface area contributed by atoms with Gasteiger partial charge in [-0.2, -0.15) is 0 Å². The number of aliphatic hydroxyl groups excluding tert-OH is 1. The van der Waals surface area contributed by atoms with Gasteiger partial charge in [-0.1, -0.05) is 6.08 Å². The number of hydrogen-bond acceptors (Lipinski definition) is 5. The smallest absolute Gasteiger partial charge is 0.325 e. The molecule has 0 aromatic rings. The molecule has 0 heterocycles. The summed E-state index contributed by atoms with van der Waals surface area (Å²) in [4.78, 5) is 19.0. The van der Waals surface area contributed by atoms with Crippen LogP contribution in [0.2, 0.25) is 0 Å². The summed E-state index contributed by atoms with van der Waals surface area (Å²) in [5.74, 6) is -0.718. The number of aliphatic hydroxyl groups is 1. The van der Waals surface area contributed by atoms with Crippen LogP contribution in [0.25, 0.3) is 0 Å². The Kier molecular flexibility index (Phi) is 11.5. The molecule has 0 amide bonds. The summed E-state index contributed by atoms with van der Waals surface area (Å²) in [6, 6.07) is 0. The number of esters is 1. The molecule has 2 N–H and O–H groups in total. The maximum atomic E-state index is 10.6. The minimum Gasteiger partial charge on any atom is -0.466 e. The van der Waals surface area contributed by atoms with Crippen molar-refractivity contribution in [3.8, 4) is 0 Å². The second-order valence-electron chi connectivity index (χ2n) is 3.22. The molecule has 0 spiro atoms. The predicted octanol–water partition coefficient (Wildman–Crippen LogP) is 1.18. The summed E-state index contributed by atoms with van der Waals surface area (Å²) in [7, 11) is -3.25. The van der Waals surface area contributed by atoms with Crippen molar-refractivity contribution in [2.75, 3.05) is 26.5 Å². The van der Waals surface area contributed by atoms with Crippen LogP contribution in [0.4, 0.5) is 0 Å². The Morgan fingerprint density at radius 3 is 2.35 bits per heavy atom.